The van der Waals surface area contributed by atoms with E-state index in [2.05, 4.69) is 4.90 Å². The highest BCUT2D eigenvalue weighted by Crippen LogP contribution is 2.34. The molecule has 0 atom stereocenters. The monoisotopic (exact) mass is 278 g/mol. The van der Waals surface area contributed by atoms with Crippen molar-refractivity contribution in [3.05, 3.63) is 0 Å². The third-order valence-corrected chi connectivity index (χ3v) is 4.80. The van der Waals surface area contributed by atoms with Crippen LogP contribution in [0.15, 0.2) is 0 Å². The summed E-state index contributed by atoms with van der Waals surface area (Å²) < 4.78 is 37.7. The summed E-state index contributed by atoms with van der Waals surface area (Å²) in [4.78, 5) is 2.21. The molecule has 1 saturated heterocycles. The van der Waals surface area contributed by atoms with Gasteiger partial charge in [-0.1, -0.05) is 0 Å². The average Bonchev–Trinajstić information content (AvgIpc) is 2.37. The van der Waals surface area contributed by atoms with E-state index in [0.717, 1.165) is 31.7 Å². The van der Waals surface area contributed by atoms with Gasteiger partial charge in [-0.2, -0.15) is 13.2 Å². The summed E-state index contributed by atoms with van der Waals surface area (Å²) in [6.45, 7) is 2.18. The Morgan fingerprint density at radius 1 is 0.947 bits per heavy atom. The summed E-state index contributed by atoms with van der Waals surface area (Å²) in [6.07, 6.45) is 2.30. The van der Waals surface area contributed by atoms with Gasteiger partial charge < -0.3 is 10.6 Å². The Morgan fingerprint density at radius 3 is 2.05 bits per heavy atom. The summed E-state index contributed by atoms with van der Waals surface area (Å²) in [5.74, 6) is -0.337. The third-order valence-electron chi connectivity index (χ3n) is 4.80. The summed E-state index contributed by atoms with van der Waals surface area (Å²) in [5, 5.41) is 0. The largest absolute Gasteiger partial charge is 0.391 e. The first kappa shape index (κ1) is 15.1. The van der Waals surface area contributed by atoms with E-state index in [-0.39, 0.29) is 12.8 Å². The van der Waals surface area contributed by atoms with Crippen LogP contribution in [0.2, 0.25) is 0 Å². The van der Waals surface area contributed by atoms with Crippen LogP contribution >= 0.6 is 0 Å². The minimum Gasteiger partial charge on any atom is -0.328 e. The molecule has 2 aliphatic rings. The van der Waals surface area contributed by atoms with Crippen LogP contribution in [0, 0.1) is 11.8 Å². The van der Waals surface area contributed by atoms with E-state index in [1.807, 2.05) is 0 Å². The molecule has 2 rings (SSSR count). The molecular formula is C14H25F3N2. The van der Waals surface area contributed by atoms with E-state index in [4.69, 9.17) is 5.73 Å². The SMILES string of the molecule is NC1CCC(CCN2CCC(C(F)(F)F)CC2)CC1. The van der Waals surface area contributed by atoms with Gasteiger partial charge in [0, 0.05) is 6.04 Å². The van der Waals surface area contributed by atoms with E-state index in [9.17, 15) is 13.2 Å². The van der Waals surface area contributed by atoms with Crippen LogP contribution in [0.4, 0.5) is 13.2 Å². The Labute approximate surface area is 113 Å². The number of alkyl halides is 3. The van der Waals surface area contributed by atoms with Crippen molar-refractivity contribution >= 4 is 0 Å². The van der Waals surface area contributed by atoms with Crippen molar-refractivity contribution in [1.82, 2.24) is 4.90 Å². The molecule has 0 spiro atoms. The predicted octanol–water partition coefficient (Wildman–Crippen LogP) is 3.17. The van der Waals surface area contributed by atoms with E-state index in [1.54, 1.807) is 0 Å². The topological polar surface area (TPSA) is 29.3 Å². The lowest BCUT2D eigenvalue weighted by Crippen LogP contribution is -2.40. The van der Waals surface area contributed by atoms with Gasteiger partial charge in [-0.25, -0.2) is 0 Å². The lowest BCUT2D eigenvalue weighted by molar-refractivity contribution is -0.185. The first-order valence-corrected chi connectivity index (χ1v) is 7.50. The van der Waals surface area contributed by atoms with Crippen LogP contribution in [0.25, 0.3) is 0 Å². The summed E-state index contributed by atoms with van der Waals surface area (Å²) in [7, 11) is 0. The Balaban J connectivity index is 1.63. The minimum absolute atomic E-state index is 0.277. The molecule has 2 nitrogen and oxygen atoms in total. The van der Waals surface area contributed by atoms with Gasteiger partial charge in [0.05, 0.1) is 5.92 Å². The molecule has 5 heteroatoms. The fourth-order valence-corrected chi connectivity index (χ4v) is 3.33. The van der Waals surface area contributed by atoms with E-state index in [0.29, 0.717) is 19.1 Å². The van der Waals surface area contributed by atoms with Crippen molar-refractivity contribution in [2.45, 2.75) is 57.2 Å². The Bertz CT molecular complexity index is 264. The van der Waals surface area contributed by atoms with E-state index >= 15 is 0 Å². The molecule has 1 aliphatic heterocycles. The molecule has 2 fully saturated rings. The molecule has 0 amide bonds. The third kappa shape index (κ3) is 4.63. The van der Waals surface area contributed by atoms with Gasteiger partial charge in [0.2, 0.25) is 0 Å². The van der Waals surface area contributed by atoms with Gasteiger partial charge in [-0.05, 0) is 70.5 Å². The molecule has 1 heterocycles. The molecule has 2 N–H and O–H groups in total. The molecule has 0 bridgehead atoms. The van der Waals surface area contributed by atoms with Crippen molar-refractivity contribution in [2.24, 2.45) is 17.6 Å². The molecule has 112 valence electrons. The summed E-state index contributed by atoms with van der Waals surface area (Å²) in [6, 6.07) is 0.374. The molecule has 0 aromatic heterocycles. The number of piperidine rings is 1. The zero-order valence-corrected chi connectivity index (χ0v) is 11.5. The number of rotatable bonds is 3. The Morgan fingerprint density at radius 2 is 1.53 bits per heavy atom. The van der Waals surface area contributed by atoms with Gasteiger partial charge in [0.25, 0.3) is 0 Å². The van der Waals surface area contributed by atoms with Crippen LogP contribution in [0.3, 0.4) is 0 Å². The second-order valence-electron chi connectivity index (χ2n) is 6.23. The maximum absolute atomic E-state index is 12.6. The first-order chi connectivity index (χ1) is 8.95. The van der Waals surface area contributed by atoms with E-state index < -0.39 is 12.1 Å². The van der Waals surface area contributed by atoms with Crippen LogP contribution in [-0.4, -0.2) is 36.8 Å². The second-order valence-corrected chi connectivity index (χ2v) is 6.23. The molecule has 0 radical (unpaired) electrons. The average molecular weight is 278 g/mol. The molecule has 0 aromatic rings. The fraction of sp³-hybridized carbons (Fsp3) is 1.00. The van der Waals surface area contributed by atoms with Gasteiger partial charge in [-0.3, -0.25) is 0 Å². The fourth-order valence-electron chi connectivity index (χ4n) is 3.33. The van der Waals surface area contributed by atoms with Gasteiger partial charge in [0.1, 0.15) is 0 Å². The lowest BCUT2D eigenvalue weighted by atomic mass is 9.84. The molecule has 0 unspecified atom stereocenters. The number of nitrogens with zero attached hydrogens (tertiary/aromatic N) is 1. The maximum Gasteiger partial charge on any atom is 0.391 e. The molecular weight excluding hydrogens is 253 g/mol. The molecule has 1 aliphatic carbocycles. The van der Waals surface area contributed by atoms with Crippen LogP contribution in [-0.2, 0) is 0 Å². The van der Waals surface area contributed by atoms with Crippen molar-refractivity contribution in [3.8, 4) is 0 Å². The number of hydrogen-bond donors (Lipinski definition) is 1. The van der Waals surface area contributed by atoms with Crippen LogP contribution < -0.4 is 5.73 Å². The smallest absolute Gasteiger partial charge is 0.328 e. The summed E-state index contributed by atoms with van der Waals surface area (Å²) in [5.41, 5.74) is 5.87. The van der Waals surface area contributed by atoms with Crippen molar-refractivity contribution in [2.75, 3.05) is 19.6 Å². The van der Waals surface area contributed by atoms with Crippen molar-refractivity contribution in [1.29, 1.82) is 0 Å². The Hall–Kier alpha value is -0.290. The van der Waals surface area contributed by atoms with Crippen molar-refractivity contribution in [3.63, 3.8) is 0 Å². The predicted molar refractivity (Wildman–Crippen MR) is 69.8 cm³/mol. The van der Waals surface area contributed by atoms with Crippen LogP contribution in [0.1, 0.15) is 44.9 Å². The first-order valence-electron chi connectivity index (χ1n) is 7.50. The number of hydrogen-bond acceptors (Lipinski definition) is 2. The molecule has 0 aromatic carbocycles. The van der Waals surface area contributed by atoms with Crippen LogP contribution in [0.5, 0.6) is 0 Å². The van der Waals surface area contributed by atoms with Gasteiger partial charge in [-0.15, -0.1) is 0 Å². The lowest BCUT2D eigenvalue weighted by Gasteiger charge is -2.34. The standard InChI is InChI=1S/C14H25F3N2/c15-14(16,17)12-6-9-19(10-7-12)8-5-11-1-3-13(18)4-2-11/h11-13H,1-10,18H2. The van der Waals surface area contributed by atoms with Crippen molar-refractivity contribution < 1.29 is 13.2 Å². The zero-order valence-electron chi connectivity index (χ0n) is 11.5. The quantitative estimate of drug-likeness (QED) is 0.859. The second kappa shape index (κ2) is 6.44. The van der Waals surface area contributed by atoms with E-state index in [1.165, 1.54) is 12.8 Å². The number of likely N-dealkylation sites (tertiary alicyclic amines) is 1. The highest BCUT2D eigenvalue weighted by atomic mass is 19.4. The highest BCUT2D eigenvalue weighted by Gasteiger charge is 2.40. The highest BCUT2D eigenvalue weighted by molar-refractivity contribution is 4.79. The summed E-state index contributed by atoms with van der Waals surface area (Å²) >= 11 is 0. The zero-order chi connectivity index (χ0) is 13.9. The molecule has 19 heavy (non-hydrogen) atoms. The minimum atomic E-state index is -3.99. The van der Waals surface area contributed by atoms with Gasteiger partial charge >= 0.3 is 6.18 Å². The number of halogens is 3. The van der Waals surface area contributed by atoms with Gasteiger partial charge in [0.15, 0.2) is 0 Å². The Kier molecular flexibility index (Phi) is 5.12. The molecule has 1 saturated carbocycles. The maximum atomic E-state index is 12.6. The number of nitrogens with two attached hydrogens (primary N) is 1. The normalized spacial score (nSPS) is 31.6.